The summed E-state index contributed by atoms with van der Waals surface area (Å²) in [5.74, 6) is -1.09. The lowest BCUT2D eigenvalue weighted by atomic mass is 10.1. The minimum atomic E-state index is -0.623. The first kappa shape index (κ1) is 18.1. The number of hydrogen-bond donors (Lipinski definition) is 0. The average molecular weight is 348 g/mol. The second kappa shape index (κ2) is 8.01. The highest BCUT2D eigenvalue weighted by Crippen LogP contribution is 2.32. The summed E-state index contributed by atoms with van der Waals surface area (Å²) in [6, 6.07) is 7.78. The summed E-state index contributed by atoms with van der Waals surface area (Å²) in [6.45, 7) is 5.66. The first-order valence-electron chi connectivity index (χ1n) is 7.67. The molecule has 1 aliphatic rings. The van der Waals surface area contributed by atoms with Gasteiger partial charge in [0.1, 0.15) is 6.54 Å². The van der Waals surface area contributed by atoms with E-state index in [1.165, 1.54) is 7.11 Å². The van der Waals surface area contributed by atoms with E-state index in [2.05, 4.69) is 23.5 Å². The van der Waals surface area contributed by atoms with Crippen LogP contribution in [0.2, 0.25) is 0 Å². The van der Waals surface area contributed by atoms with Crippen LogP contribution in [0.4, 0.5) is 10.5 Å². The molecule has 0 radical (unpaired) electrons. The number of carbonyl (C=O) groups is 3. The molecule has 1 heterocycles. The number of benzene rings is 1. The number of esters is 1. The van der Waals surface area contributed by atoms with Gasteiger partial charge in [-0.05, 0) is 49.4 Å². The van der Waals surface area contributed by atoms with E-state index < -0.39 is 17.1 Å². The Morgan fingerprint density at radius 3 is 2.38 bits per heavy atom. The van der Waals surface area contributed by atoms with Crippen LogP contribution in [0.25, 0.3) is 6.08 Å². The fourth-order valence-corrected chi connectivity index (χ4v) is 3.19. The molecule has 1 aromatic carbocycles. The lowest BCUT2D eigenvalue weighted by Gasteiger charge is -2.20. The Bertz CT molecular complexity index is 666. The van der Waals surface area contributed by atoms with E-state index >= 15 is 0 Å². The number of nitrogens with zero attached hydrogens (tertiary/aromatic N) is 2. The largest absolute Gasteiger partial charge is 0.468 e. The van der Waals surface area contributed by atoms with E-state index in [4.69, 9.17) is 0 Å². The topological polar surface area (TPSA) is 66.9 Å². The molecule has 6 nitrogen and oxygen atoms in total. The van der Waals surface area contributed by atoms with Gasteiger partial charge in [0.2, 0.25) is 0 Å². The van der Waals surface area contributed by atoms with Crippen molar-refractivity contribution in [2.45, 2.75) is 13.8 Å². The van der Waals surface area contributed by atoms with E-state index in [1.807, 2.05) is 24.3 Å². The number of imide groups is 1. The molecule has 0 unspecified atom stereocenters. The zero-order chi connectivity index (χ0) is 17.7. The van der Waals surface area contributed by atoms with Gasteiger partial charge in [-0.25, -0.2) is 0 Å². The van der Waals surface area contributed by atoms with Crippen molar-refractivity contribution in [2.24, 2.45) is 0 Å². The Hall–Kier alpha value is -2.28. The Balaban J connectivity index is 2.15. The van der Waals surface area contributed by atoms with Crippen molar-refractivity contribution < 1.29 is 19.1 Å². The predicted octanol–water partition coefficient (Wildman–Crippen LogP) is 2.74. The van der Waals surface area contributed by atoms with Gasteiger partial charge in [0.15, 0.2) is 0 Å². The molecular weight excluding hydrogens is 328 g/mol. The van der Waals surface area contributed by atoms with Crippen LogP contribution in [0.3, 0.4) is 0 Å². The minimum Gasteiger partial charge on any atom is -0.468 e. The zero-order valence-electron chi connectivity index (χ0n) is 13.9. The molecule has 1 saturated heterocycles. The number of carbonyl (C=O) groups excluding carboxylic acids is 3. The van der Waals surface area contributed by atoms with Gasteiger partial charge in [-0.3, -0.25) is 19.3 Å². The van der Waals surface area contributed by atoms with Crippen LogP contribution < -0.4 is 4.90 Å². The molecule has 0 N–H and O–H groups in total. The Kier molecular flexibility index (Phi) is 6.03. The van der Waals surface area contributed by atoms with Gasteiger partial charge in [-0.1, -0.05) is 12.1 Å². The van der Waals surface area contributed by atoms with Gasteiger partial charge in [0.25, 0.3) is 11.1 Å². The maximum Gasteiger partial charge on any atom is 0.325 e. The summed E-state index contributed by atoms with van der Waals surface area (Å²) in [5, 5.41) is -0.462. The second-order valence-electron chi connectivity index (χ2n) is 5.11. The summed E-state index contributed by atoms with van der Waals surface area (Å²) in [5.41, 5.74) is 1.94. The fraction of sp³-hybridized carbons (Fsp3) is 0.353. The Morgan fingerprint density at radius 2 is 1.83 bits per heavy atom. The third-order valence-electron chi connectivity index (χ3n) is 3.71. The molecule has 2 rings (SSSR count). The van der Waals surface area contributed by atoms with Crippen molar-refractivity contribution in [3.63, 3.8) is 0 Å². The SMILES string of the molecule is CCN(CC)c1ccc(/C=C2/SC(=O)N(CC(=O)OC)C2=O)cc1. The quantitative estimate of drug-likeness (QED) is 0.582. The molecule has 0 aliphatic carbocycles. The van der Waals surface area contributed by atoms with Crippen LogP contribution in [-0.4, -0.2) is 48.8 Å². The number of rotatable bonds is 6. The third kappa shape index (κ3) is 3.97. The highest BCUT2D eigenvalue weighted by molar-refractivity contribution is 8.18. The van der Waals surface area contributed by atoms with Crippen molar-refractivity contribution in [1.29, 1.82) is 0 Å². The lowest BCUT2D eigenvalue weighted by molar-refractivity contribution is -0.143. The van der Waals surface area contributed by atoms with Gasteiger partial charge in [0.05, 0.1) is 12.0 Å². The summed E-state index contributed by atoms with van der Waals surface area (Å²) >= 11 is 0.829. The van der Waals surface area contributed by atoms with E-state index in [9.17, 15) is 14.4 Å². The molecule has 0 bridgehead atoms. The van der Waals surface area contributed by atoms with Crippen molar-refractivity contribution in [3.05, 3.63) is 34.7 Å². The molecule has 1 fully saturated rings. The first-order valence-corrected chi connectivity index (χ1v) is 8.49. The number of methoxy groups -OCH3 is 1. The molecule has 0 saturated carbocycles. The van der Waals surface area contributed by atoms with Crippen LogP contribution >= 0.6 is 11.8 Å². The summed E-state index contributed by atoms with van der Waals surface area (Å²) < 4.78 is 4.50. The molecular formula is C17H20N2O4S. The molecule has 1 aromatic rings. The van der Waals surface area contributed by atoms with Gasteiger partial charge in [-0.2, -0.15) is 0 Å². The normalized spacial score (nSPS) is 16.0. The van der Waals surface area contributed by atoms with Crippen LogP contribution in [0.5, 0.6) is 0 Å². The van der Waals surface area contributed by atoms with Gasteiger partial charge in [-0.15, -0.1) is 0 Å². The van der Waals surface area contributed by atoms with Crippen molar-refractivity contribution in [3.8, 4) is 0 Å². The van der Waals surface area contributed by atoms with E-state index in [-0.39, 0.29) is 6.54 Å². The molecule has 0 spiro atoms. The van der Waals surface area contributed by atoms with Gasteiger partial charge < -0.3 is 9.64 Å². The maximum atomic E-state index is 12.2. The number of amides is 2. The summed E-state index contributed by atoms with van der Waals surface area (Å²) in [6.07, 6.45) is 1.66. The Morgan fingerprint density at radius 1 is 1.21 bits per heavy atom. The standard InChI is InChI=1S/C17H20N2O4S/c1-4-18(5-2)13-8-6-12(7-9-13)10-14-16(21)19(17(22)24-14)11-15(20)23-3/h6-10H,4-5,11H2,1-3H3/b14-10+. The molecule has 2 amide bonds. The van der Waals surface area contributed by atoms with Crippen LogP contribution in [0, 0.1) is 0 Å². The maximum absolute atomic E-state index is 12.2. The minimum absolute atomic E-state index is 0.305. The van der Waals surface area contributed by atoms with E-state index in [0.717, 1.165) is 41.0 Å². The number of ether oxygens (including phenoxy) is 1. The molecule has 128 valence electrons. The van der Waals surface area contributed by atoms with Crippen LogP contribution in [0.15, 0.2) is 29.2 Å². The second-order valence-corrected chi connectivity index (χ2v) is 6.10. The highest BCUT2D eigenvalue weighted by atomic mass is 32.2. The average Bonchev–Trinajstić information content (AvgIpc) is 2.84. The van der Waals surface area contributed by atoms with Crippen molar-refractivity contribution in [2.75, 3.05) is 31.6 Å². The van der Waals surface area contributed by atoms with E-state index in [0.29, 0.717) is 4.91 Å². The zero-order valence-corrected chi connectivity index (χ0v) is 14.8. The number of anilines is 1. The molecule has 0 atom stereocenters. The van der Waals surface area contributed by atoms with Crippen LogP contribution in [-0.2, 0) is 14.3 Å². The molecule has 0 aromatic heterocycles. The van der Waals surface area contributed by atoms with E-state index in [1.54, 1.807) is 6.08 Å². The number of hydrogen-bond acceptors (Lipinski definition) is 6. The van der Waals surface area contributed by atoms with Crippen LogP contribution in [0.1, 0.15) is 19.4 Å². The number of thioether (sulfide) groups is 1. The smallest absolute Gasteiger partial charge is 0.325 e. The first-order chi connectivity index (χ1) is 11.5. The summed E-state index contributed by atoms with van der Waals surface area (Å²) in [7, 11) is 1.22. The lowest BCUT2D eigenvalue weighted by Crippen LogP contribution is -2.34. The Labute approximate surface area is 145 Å². The monoisotopic (exact) mass is 348 g/mol. The molecule has 1 aliphatic heterocycles. The fourth-order valence-electron chi connectivity index (χ4n) is 2.35. The highest BCUT2D eigenvalue weighted by Gasteiger charge is 2.36. The van der Waals surface area contributed by atoms with Gasteiger partial charge >= 0.3 is 5.97 Å². The predicted molar refractivity (Wildman–Crippen MR) is 94.7 cm³/mol. The van der Waals surface area contributed by atoms with Crippen molar-refractivity contribution >= 4 is 40.6 Å². The van der Waals surface area contributed by atoms with Gasteiger partial charge in [0, 0.05) is 18.8 Å². The third-order valence-corrected chi connectivity index (χ3v) is 4.62. The van der Waals surface area contributed by atoms with Crippen molar-refractivity contribution in [1.82, 2.24) is 4.90 Å². The molecule has 24 heavy (non-hydrogen) atoms. The summed E-state index contributed by atoms with van der Waals surface area (Å²) in [4.78, 5) is 38.8. The molecule has 7 heteroatoms.